The number of aryl methyl sites for hydroxylation is 1. The van der Waals surface area contributed by atoms with E-state index in [0.717, 1.165) is 0 Å². The number of rotatable bonds is 5. The van der Waals surface area contributed by atoms with Gasteiger partial charge in [-0.3, -0.25) is 4.79 Å². The Kier molecular flexibility index (Phi) is 4.66. The number of hydrogen-bond acceptors (Lipinski definition) is 3. The van der Waals surface area contributed by atoms with Gasteiger partial charge in [-0.15, -0.1) is 11.6 Å². The average molecular weight is 257 g/mol. The van der Waals surface area contributed by atoms with Crippen LogP contribution in [0.25, 0.3) is 0 Å². The number of hydrogen-bond donors (Lipinski definition) is 2. The molecule has 1 aromatic carbocycles. The topological polar surface area (TPSA) is 74.6 Å². The fourth-order valence-corrected chi connectivity index (χ4v) is 1.69. The molecule has 0 saturated heterocycles. The van der Waals surface area contributed by atoms with E-state index < -0.39 is 12.1 Å². The number of carbonyl (C=O) groups is 2. The van der Waals surface area contributed by atoms with Crippen LogP contribution < -0.4 is 0 Å². The Balaban J connectivity index is 3.01. The lowest BCUT2D eigenvalue weighted by atomic mass is 9.98. The van der Waals surface area contributed by atoms with Gasteiger partial charge >= 0.3 is 5.97 Å². The highest BCUT2D eigenvalue weighted by Crippen LogP contribution is 2.20. The number of carboxylic acid groups (broad SMARTS) is 1. The molecule has 0 aromatic heterocycles. The van der Waals surface area contributed by atoms with Crippen LogP contribution in [0, 0.1) is 6.92 Å². The van der Waals surface area contributed by atoms with Gasteiger partial charge in [-0.2, -0.15) is 0 Å². The van der Waals surface area contributed by atoms with E-state index in [-0.39, 0.29) is 18.1 Å². The highest BCUT2D eigenvalue weighted by atomic mass is 35.5. The summed E-state index contributed by atoms with van der Waals surface area (Å²) in [5.74, 6) is -1.16. The van der Waals surface area contributed by atoms with Crippen molar-refractivity contribution in [3.8, 4) is 0 Å². The molecule has 0 saturated carbocycles. The third-order valence-corrected chi connectivity index (χ3v) is 2.63. The first kappa shape index (κ1) is 13.7. The molecule has 0 bridgehead atoms. The number of carbonyl (C=O) groups excluding carboxylic acids is 1. The van der Waals surface area contributed by atoms with Crippen molar-refractivity contribution >= 4 is 23.4 Å². The number of ketones is 1. The standard InChI is InChI=1S/C12H13ClO4/c1-7-6-8(10(14)4-5-13)2-3-9(7)11(15)12(16)17/h2-3,6,11,15H,4-5H2,1H3,(H,16,17). The van der Waals surface area contributed by atoms with Crippen molar-refractivity contribution in [3.63, 3.8) is 0 Å². The summed E-state index contributed by atoms with van der Waals surface area (Å²) in [6.45, 7) is 1.65. The maximum absolute atomic E-state index is 11.5. The molecule has 0 heterocycles. The Bertz CT molecular complexity index is 442. The maximum Gasteiger partial charge on any atom is 0.337 e. The van der Waals surface area contributed by atoms with Crippen molar-refractivity contribution in [1.82, 2.24) is 0 Å². The molecule has 0 aliphatic heterocycles. The second kappa shape index (κ2) is 5.80. The number of carboxylic acids is 1. The summed E-state index contributed by atoms with van der Waals surface area (Å²) in [5.41, 5.74) is 1.34. The zero-order valence-electron chi connectivity index (χ0n) is 9.31. The van der Waals surface area contributed by atoms with Crippen molar-refractivity contribution in [3.05, 3.63) is 34.9 Å². The smallest absolute Gasteiger partial charge is 0.337 e. The van der Waals surface area contributed by atoms with Crippen LogP contribution in [0.2, 0.25) is 0 Å². The van der Waals surface area contributed by atoms with Gasteiger partial charge in [0, 0.05) is 17.9 Å². The van der Waals surface area contributed by atoms with Gasteiger partial charge in [0.1, 0.15) is 0 Å². The fourth-order valence-electron chi connectivity index (χ4n) is 1.52. The molecule has 0 fully saturated rings. The van der Waals surface area contributed by atoms with Crippen LogP contribution in [0.5, 0.6) is 0 Å². The minimum atomic E-state index is -1.56. The van der Waals surface area contributed by atoms with Gasteiger partial charge < -0.3 is 10.2 Å². The molecule has 4 nitrogen and oxygen atoms in total. The molecule has 0 radical (unpaired) electrons. The van der Waals surface area contributed by atoms with Gasteiger partial charge in [0.05, 0.1) is 0 Å². The van der Waals surface area contributed by atoms with E-state index in [1.165, 1.54) is 12.1 Å². The minimum absolute atomic E-state index is 0.0977. The number of alkyl halides is 1. The van der Waals surface area contributed by atoms with Gasteiger partial charge in [0.2, 0.25) is 0 Å². The largest absolute Gasteiger partial charge is 0.479 e. The monoisotopic (exact) mass is 256 g/mol. The summed E-state index contributed by atoms with van der Waals surface area (Å²) in [6.07, 6.45) is -1.32. The molecule has 1 unspecified atom stereocenters. The van der Waals surface area contributed by atoms with Crippen molar-refractivity contribution in [2.45, 2.75) is 19.4 Å². The molecule has 0 spiro atoms. The second-order valence-corrected chi connectivity index (χ2v) is 4.05. The second-order valence-electron chi connectivity index (χ2n) is 3.67. The van der Waals surface area contributed by atoms with E-state index in [0.29, 0.717) is 16.7 Å². The number of Topliss-reactive ketones (excluding diaryl/α,β-unsaturated/α-hetero) is 1. The van der Waals surface area contributed by atoms with E-state index in [2.05, 4.69) is 0 Å². The van der Waals surface area contributed by atoms with E-state index in [4.69, 9.17) is 16.7 Å². The van der Waals surface area contributed by atoms with Crippen molar-refractivity contribution in [1.29, 1.82) is 0 Å². The molecule has 2 N–H and O–H groups in total. The van der Waals surface area contributed by atoms with Crippen LogP contribution in [0.3, 0.4) is 0 Å². The van der Waals surface area contributed by atoms with E-state index in [1.807, 2.05) is 0 Å². The number of halogens is 1. The van der Waals surface area contributed by atoms with E-state index in [1.54, 1.807) is 13.0 Å². The first-order chi connectivity index (χ1) is 7.97. The highest BCUT2D eigenvalue weighted by molar-refractivity contribution is 6.19. The lowest BCUT2D eigenvalue weighted by Crippen LogP contribution is -2.12. The maximum atomic E-state index is 11.5. The Hall–Kier alpha value is -1.39. The fraction of sp³-hybridized carbons (Fsp3) is 0.333. The van der Waals surface area contributed by atoms with Crippen LogP contribution >= 0.6 is 11.6 Å². The molecule has 92 valence electrons. The quantitative estimate of drug-likeness (QED) is 0.624. The minimum Gasteiger partial charge on any atom is -0.479 e. The van der Waals surface area contributed by atoms with E-state index in [9.17, 15) is 14.7 Å². The lowest BCUT2D eigenvalue weighted by molar-refractivity contribution is -0.147. The Morgan fingerprint density at radius 1 is 1.41 bits per heavy atom. The molecule has 0 aliphatic rings. The normalized spacial score (nSPS) is 12.2. The van der Waals surface area contributed by atoms with Crippen molar-refractivity contribution in [2.75, 3.05) is 5.88 Å². The third-order valence-electron chi connectivity index (χ3n) is 2.44. The van der Waals surface area contributed by atoms with Crippen molar-refractivity contribution in [2.24, 2.45) is 0 Å². The predicted molar refractivity (Wildman–Crippen MR) is 63.4 cm³/mol. The molecule has 5 heteroatoms. The molecule has 17 heavy (non-hydrogen) atoms. The summed E-state index contributed by atoms with van der Waals surface area (Å²) >= 11 is 5.47. The molecular formula is C12H13ClO4. The molecule has 1 rings (SSSR count). The number of aliphatic hydroxyl groups excluding tert-OH is 1. The van der Waals surface area contributed by atoms with Crippen LogP contribution in [0.1, 0.15) is 34.0 Å². The van der Waals surface area contributed by atoms with Gasteiger partial charge in [0.25, 0.3) is 0 Å². The molecule has 0 amide bonds. The van der Waals surface area contributed by atoms with Crippen molar-refractivity contribution < 1.29 is 19.8 Å². The Morgan fingerprint density at radius 3 is 2.53 bits per heavy atom. The molecule has 1 atom stereocenters. The van der Waals surface area contributed by atoms with E-state index >= 15 is 0 Å². The average Bonchev–Trinajstić information content (AvgIpc) is 2.28. The summed E-state index contributed by atoms with van der Waals surface area (Å²) in [5, 5.41) is 18.1. The Labute approximate surface area is 104 Å². The summed E-state index contributed by atoms with van der Waals surface area (Å²) < 4.78 is 0. The highest BCUT2D eigenvalue weighted by Gasteiger charge is 2.18. The van der Waals surface area contributed by atoms with Crippen LogP contribution in [0.15, 0.2) is 18.2 Å². The number of aliphatic hydroxyl groups is 1. The van der Waals surface area contributed by atoms with Gasteiger partial charge in [0.15, 0.2) is 11.9 Å². The summed E-state index contributed by atoms with van der Waals surface area (Å²) in [4.78, 5) is 22.2. The molecule has 0 aliphatic carbocycles. The molecular weight excluding hydrogens is 244 g/mol. The van der Waals surface area contributed by atoms with Crippen LogP contribution in [-0.2, 0) is 4.79 Å². The zero-order chi connectivity index (χ0) is 13.0. The number of benzene rings is 1. The van der Waals surface area contributed by atoms with Crippen LogP contribution in [0.4, 0.5) is 0 Å². The van der Waals surface area contributed by atoms with Crippen LogP contribution in [-0.4, -0.2) is 27.8 Å². The SMILES string of the molecule is Cc1cc(C(=O)CCCl)ccc1C(O)C(=O)O. The summed E-state index contributed by atoms with van der Waals surface area (Å²) in [6, 6.07) is 4.52. The first-order valence-electron chi connectivity index (χ1n) is 5.08. The lowest BCUT2D eigenvalue weighted by Gasteiger charge is -2.10. The molecule has 1 aromatic rings. The Morgan fingerprint density at radius 2 is 2.06 bits per heavy atom. The van der Waals surface area contributed by atoms with Gasteiger partial charge in [-0.05, 0) is 24.1 Å². The third kappa shape index (κ3) is 3.28. The zero-order valence-corrected chi connectivity index (χ0v) is 10.1. The van der Waals surface area contributed by atoms with Gasteiger partial charge in [-0.25, -0.2) is 4.79 Å². The summed E-state index contributed by atoms with van der Waals surface area (Å²) in [7, 11) is 0. The number of aliphatic carboxylic acids is 1. The first-order valence-corrected chi connectivity index (χ1v) is 5.61. The van der Waals surface area contributed by atoms with Gasteiger partial charge in [-0.1, -0.05) is 12.1 Å². The predicted octanol–water partition coefficient (Wildman–Crippen LogP) is 1.92.